The van der Waals surface area contributed by atoms with Crippen molar-refractivity contribution in [2.24, 2.45) is 0 Å². The van der Waals surface area contributed by atoms with Gasteiger partial charge in [0.25, 0.3) is 0 Å². The molecule has 0 saturated heterocycles. The summed E-state index contributed by atoms with van der Waals surface area (Å²) in [6.07, 6.45) is 0. The topological polar surface area (TPSA) is 16.4 Å². The van der Waals surface area contributed by atoms with E-state index < -0.39 is 10.0 Å². The van der Waals surface area contributed by atoms with Crippen molar-refractivity contribution in [1.82, 2.24) is 0 Å². The van der Waals surface area contributed by atoms with Crippen molar-refractivity contribution in [1.29, 1.82) is 0 Å². The Kier molecular flexibility index (Phi) is 9.48. The molecule has 0 spiro atoms. The lowest BCUT2D eigenvalue weighted by Gasteiger charge is -2.42. The number of anilines is 3. The lowest BCUT2D eigenvalue weighted by molar-refractivity contribution is 0.674. The van der Waals surface area contributed by atoms with E-state index in [2.05, 4.69) is 254 Å². The highest BCUT2D eigenvalue weighted by atomic mass is 32.3. The van der Waals surface area contributed by atoms with Gasteiger partial charge >= 0.3 is 0 Å². The Morgan fingerprint density at radius 3 is 1.36 bits per heavy atom. The van der Waals surface area contributed by atoms with Crippen LogP contribution < -0.4 is 4.90 Å². The molecule has 0 unspecified atom stereocenters. The minimum atomic E-state index is -1.75. The number of fused-ring (bicyclic) bond motifs is 7. The molecule has 64 heavy (non-hydrogen) atoms. The standard InChI is InChI=1S/C60H41NOS2/c1-5-16-45(17-6-1)61(47-36-30-44(31-37-47)52-25-15-26-53-54-40-41-57-58(60(54)62-59(52)53)55-24-13-14-27-56(55)63-57)46-34-28-42(29-35-46)43-32-38-51(39-33-43)64(48-18-7-2-8-19-48,49-20-9-3-10-21-49)50-22-11-4-12-23-50/h1-41H. The van der Waals surface area contributed by atoms with Gasteiger partial charge in [-0.15, -0.1) is 21.4 Å². The van der Waals surface area contributed by atoms with Crippen LogP contribution in [0, 0.1) is 0 Å². The second kappa shape index (κ2) is 15.9. The van der Waals surface area contributed by atoms with Gasteiger partial charge in [-0.1, -0.05) is 146 Å². The van der Waals surface area contributed by atoms with Crippen molar-refractivity contribution in [3.8, 4) is 22.3 Å². The van der Waals surface area contributed by atoms with Gasteiger partial charge in [0.15, 0.2) is 0 Å². The molecule has 0 bridgehead atoms. The third kappa shape index (κ3) is 6.33. The number of nitrogens with zero attached hydrogens (tertiary/aromatic N) is 1. The Balaban J connectivity index is 0.892. The molecule has 0 fully saturated rings. The molecule has 2 nitrogen and oxygen atoms in total. The number of hydrogen-bond donors (Lipinski definition) is 0. The molecule has 0 saturated carbocycles. The van der Waals surface area contributed by atoms with E-state index in [0.717, 1.165) is 50.1 Å². The Morgan fingerprint density at radius 1 is 0.312 bits per heavy atom. The van der Waals surface area contributed by atoms with Crippen LogP contribution >= 0.6 is 21.4 Å². The van der Waals surface area contributed by atoms with Crippen LogP contribution in [-0.2, 0) is 0 Å². The fraction of sp³-hybridized carbons (Fsp3) is 0. The Morgan fingerprint density at radius 2 is 0.766 bits per heavy atom. The monoisotopic (exact) mass is 855 g/mol. The number of thiophene rings is 1. The van der Waals surface area contributed by atoms with E-state index in [1.54, 1.807) is 0 Å². The summed E-state index contributed by atoms with van der Waals surface area (Å²) in [4.78, 5) is 7.59. The summed E-state index contributed by atoms with van der Waals surface area (Å²) in [6, 6.07) is 90.4. The van der Waals surface area contributed by atoms with E-state index in [1.807, 2.05) is 11.3 Å². The van der Waals surface area contributed by atoms with Crippen LogP contribution in [0.1, 0.15) is 0 Å². The molecule has 0 aliphatic carbocycles. The molecule has 10 aromatic carbocycles. The summed E-state index contributed by atoms with van der Waals surface area (Å²) >= 11 is 1.82. The molecule has 2 aromatic heterocycles. The van der Waals surface area contributed by atoms with Gasteiger partial charge in [0.2, 0.25) is 0 Å². The molecule has 12 aromatic rings. The first-order valence-electron chi connectivity index (χ1n) is 21.6. The summed E-state index contributed by atoms with van der Waals surface area (Å²) in [5.74, 6) is 0. The van der Waals surface area contributed by atoms with Crippen molar-refractivity contribution >= 4 is 80.5 Å². The molecule has 12 rings (SSSR count). The Hall–Kier alpha value is -7.63. The zero-order valence-electron chi connectivity index (χ0n) is 34.8. The molecule has 0 atom stereocenters. The van der Waals surface area contributed by atoms with Crippen molar-refractivity contribution in [2.75, 3.05) is 4.90 Å². The molecule has 0 aliphatic heterocycles. The number of furan rings is 1. The minimum absolute atomic E-state index is 0.920. The van der Waals surface area contributed by atoms with E-state index in [0.29, 0.717) is 0 Å². The van der Waals surface area contributed by atoms with Crippen LogP contribution in [0.2, 0.25) is 0 Å². The van der Waals surface area contributed by atoms with Crippen molar-refractivity contribution in [2.45, 2.75) is 19.6 Å². The van der Waals surface area contributed by atoms with Crippen molar-refractivity contribution in [3.05, 3.63) is 249 Å². The summed E-state index contributed by atoms with van der Waals surface area (Å²) < 4.78 is 9.39. The van der Waals surface area contributed by atoms with Crippen LogP contribution in [0.15, 0.2) is 273 Å². The molecule has 4 heteroatoms. The third-order valence-electron chi connectivity index (χ3n) is 12.4. The highest BCUT2D eigenvalue weighted by molar-refractivity contribution is 8.34. The molecular weight excluding hydrogens is 815 g/mol. The second-order valence-electron chi connectivity index (χ2n) is 16.0. The van der Waals surface area contributed by atoms with Crippen LogP contribution in [0.25, 0.3) is 64.4 Å². The summed E-state index contributed by atoms with van der Waals surface area (Å²) in [5.41, 5.74) is 9.71. The van der Waals surface area contributed by atoms with E-state index in [-0.39, 0.29) is 0 Å². The van der Waals surface area contributed by atoms with Crippen LogP contribution in [-0.4, -0.2) is 0 Å². The van der Waals surface area contributed by atoms with Gasteiger partial charge in [0.05, 0.1) is 0 Å². The SMILES string of the molecule is c1ccc(N(c2ccc(-c3ccc(S(c4ccccc4)(c4ccccc4)c4ccccc4)cc3)cc2)c2ccc(-c3cccc4c3oc3c4ccc4sc5ccccc5c43)cc2)cc1. The molecule has 0 aliphatic rings. The van der Waals surface area contributed by atoms with E-state index in [9.17, 15) is 0 Å². The van der Waals surface area contributed by atoms with Gasteiger partial charge < -0.3 is 9.32 Å². The van der Waals surface area contributed by atoms with Gasteiger partial charge in [-0.3, -0.25) is 0 Å². The predicted molar refractivity (Wildman–Crippen MR) is 272 cm³/mol. The highest BCUT2D eigenvalue weighted by Crippen LogP contribution is 2.73. The van der Waals surface area contributed by atoms with Crippen LogP contribution in [0.3, 0.4) is 0 Å². The quantitative estimate of drug-likeness (QED) is 0.144. The first-order chi connectivity index (χ1) is 31.7. The number of para-hydroxylation sites is 2. The second-order valence-corrected chi connectivity index (χ2v) is 20.2. The zero-order valence-corrected chi connectivity index (χ0v) is 36.5. The largest absolute Gasteiger partial charge is 0.455 e. The van der Waals surface area contributed by atoms with E-state index in [1.165, 1.54) is 50.9 Å². The summed E-state index contributed by atoms with van der Waals surface area (Å²) in [5, 5.41) is 4.74. The Bertz CT molecular complexity index is 3470. The highest BCUT2D eigenvalue weighted by Gasteiger charge is 2.33. The molecule has 304 valence electrons. The van der Waals surface area contributed by atoms with Crippen molar-refractivity contribution in [3.63, 3.8) is 0 Å². The molecule has 0 N–H and O–H groups in total. The minimum Gasteiger partial charge on any atom is -0.455 e. The Labute approximate surface area is 378 Å². The molecule has 0 amide bonds. The molecule has 0 radical (unpaired) electrons. The third-order valence-corrected chi connectivity index (χ3v) is 17.5. The first kappa shape index (κ1) is 38.1. The normalized spacial score (nSPS) is 12.0. The maximum Gasteiger partial charge on any atom is 0.144 e. The van der Waals surface area contributed by atoms with Gasteiger partial charge in [-0.25, -0.2) is 0 Å². The smallest absolute Gasteiger partial charge is 0.144 e. The van der Waals surface area contributed by atoms with Gasteiger partial charge in [-0.2, -0.15) is 0 Å². The maximum absolute atomic E-state index is 6.86. The predicted octanol–water partition coefficient (Wildman–Crippen LogP) is 18.1. The maximum atomic E-state index is 6.86. The number of rotatable bonds is 9. The van der Waals surface area contributed by atoms with Crippen LogP contribution in [0.5, 0.6) is 0 Å². The van der Waals surface area contributed by atoms with E-state index >= 15 is 0 Å². The van der Waals surface area contributed by atoms with Gasteiger partial charge in [0, 0.05) is 73.2 Å². The molecular formula is C60H41NOS2. The van der Waals surface area contributed by atoms with Crippen LogP contribution in [0.4, 0.5) is 17.1 Å². The lowest BCUT2D eigenvalue weighted by atomic mass is 10.0. The lowest BCUT2D eigenvalue weighted by Crippen LogP contribution is -2.09. The average molecular weight is 856 g/mol. The number of hydrogen-bond acceptors (Lipinski definition) is 3. The first-order valence-corrected chi connectivity index (χ1v) is 24.1. The molecule has 2 heterocycles. The van der Waals surface area contributed by atoms with Gasteiger partial charge in [-0.05, 0) is 120 Å². The average Bonchev–Trinajstić information content (AvgIpc) is 3.95. The zero-order chi connectivity index (χ0) is 42.5. The fourth-order valence-electron chi connectivity index (χ4n) is 9.45. The summed E-state index contributed by atoms with van der Waals surface area (Å²) in [7, 11) is -1.75. The van der Waals surface area contributed by atoms with Crippen molar-refractivity contribution < 1.29 is 4.42 Å². The fourth-order valence-corrected chi connectivity index (χ4v) is 14.4. The van der Waals surface area contributed by atoms with E-state index in [4.69, 9.17) is 4.42 Å². The van der Waals surface area contributed by atoms with Gasteiger partial charge in [0.1, 0.15) is 11.2 Å². The summed E-state index contributed by atoms with van der Waals surface area (Å²) in [6.45, 7) is 0. The number of benzene rings is 10.